The lowest BCUT2D eigenvalue weighted by Gasteiger charge is -2.22. The molecule has 192 valence electrons. The van der Waals surface area contributed by atoms with Crippen molar-refractivity contribution in [3.05, 3.63) is 72.2 Å². The van der Waals surface area contributed by atoms with E-state index < -0.39 is 33.8 Å². The first-order chi connectivity index (χ1) is 17.6. The number of para-hydroxylation sites is 1. The first-order valence-corrected chi connectivity index (χ1v) is 12.7. The van der Waals surface area contributed by atoms with Crippen molar-refractivity contribution in [3.8, 4) is 11.3 Å². The molecule has 5 rings (SSSR count). The molecule has 9 nitrogen and oxygen atoms in total. The third-order valence-corrected chi connectivity index (χ3v) is 7.75. The minimum absolute atomic E-state index is 0.0181. The molecule has 0 aliphatic carbocycles. The van der Waals surface area contributed by atoms with Crippen molar-refractivity contribution in [3.63, 3.8) is 0 Å². The highest BCUT2D eigenvalue weighted by atomic mass is 32.2. The van der Waals surface area contributed by atoms with Crippen LogP contribution in [0.2, 0.25) is 0 Å². The molecule has 13 heteroatoms. The van der Waals surface area contributed by atoms with E-state index in [0.29, 0.717) is 35.1 Å². The van der Waals surface area contributed by atoms with Crippen LogP contribution in [0.5, 0.6) is 0 Å². The Bertz CT molecular complexity index is 1520. The predicted octanol–water partition coefficient (Wildman–Crippen LogP) is 3.77. The number of alkyl halides is 3. The fourth-order valence-corrected chi connectivity index (χ4v) is 5.76. The zero-order valence-corrected chi connectivity index (χ0v) is 20.0. The van der Waals surface area contributed by atoms with Gasteiger partial charge in [0.25, 0.3) is 10.0 Å². The summed E-state index contributed by atoms with van der Waals surface area (Å²) in [6.07, 6.45) is -2.30. The van der Waals surface area contributed by atoms with E-state index >= 15 is 0 Å². The Labute approximate surface area is 209 Å². The van der Waals surface area contributed by atoms with Crippen LogP contribution in [0.25, 0.3) is 22.2 Å². The van der Waals surface area contributed by atoms with E-state index in [1.54, 1.807) is 36.4 Å². The normalized spacial score (nSPS) is 16.8. The maximum atomic E-state index is 13.2. The molecule has 4 heterocycles. The van der Waals surface area contributed by atoms with E-state index in [2.05, 4.69) is 20.5 Å². The molecule has 1 unspecified atom stereocenters. The van der Waals surface area contributed by atoms with Gasteiger partial charge in [0.15, 0.2) is 5.69 Å². The van der Waals surface area contributed by atoms with Gasteiger partial charge in [0.05, 0.1) is 17.9 Å². The minimum atomic E-state index is -4.59. The van der Waals surface area contributed by atoms with Gasteiger partial charge >= 0.3 is 6.18 Å². The first-order valence-electron chi connectivity index (χ1n) is 11.3. The highest BCUT2D eigenvalue weighted by molar-refractivity contribution is 7.89. The standard InChI is InChI=1S/C24H20F3N5O4S/c25-24(26,27)21-8-7-18(30-31-21)15-9-10-28-17(12-15)14-29-23(33)19-5-3-11-32(19)37(34,35)22-13-16-4-1-2-6-20(16)36-22/h1-2,4,6-10,12-13,19H,3,5,11,14H2,(H,29,33). The van der Waals surface area contributed by atoms with Gasteiger partial charge in [0, 0.05) is 29.8 Å². The smallest absolute Gasteiger partial charge is 0.435 e. The Morgan fingerprint density at radius 3 is 2.65 bits per heavy atom. The summed E-state index contributed by atoms with van der Waals surface area (Å²) in [7, 11) is -4.04. The second-order valence-electron chi connectivity index (χ2n) is 8.43. The third kappa shape index (κ3) is 5.04. The van der Waals surface area contributed by atoms with Crippen LogP contribution in [0.4, 0.5) is 13.2 Å². The van der Waals surface area contributed by atoms with Crippen molar-refractivity contribution in [2.24, 2.45) is 0 Å². The van der Waals surface area contributed by atoms with E-state index in [4.69, 9.17) is 4.42 Å². The Morgan fingerprint density at radius 2 is 1.92 bits per heavy atom. The monoisotopic (exact) mass is 531 g/mol. The highest BCUT2D eigenvalue weighted by Gasteiger charge is 2.41. The van der Waals surface area contributed by atoms with Gasteiger partial charge in [-0.25, -0.2) is 8.42 Å². The number of nitrogens with zero attached hydrogens (tertiary/aromatic N) is 4. The lowest BCUT2D eigenvalue weighted by molar-refractivity contribution is -0.141. The number of carbonyl (C=O) groups is 1. The number of amides is 1. The molecule has 37 heavy (non-hydrogen) atoms. The first kappa shape index (κ1) is 24.8. The number of carbonyl (C=O) groups excluding carboxylic acids is 1. The van der Waals surface area contributed by atoms with Crippen LogP contribution in [0.15, 0.2) is 70.3 Å². The average Bonchev–Trinajstić information content (AvgIpc) is 3.55. The number of fused-ring (bicyclic) bond motifs is 1. The summed E-state index contributed by atoms with van der Waals surface area (Å²) in [6, 6.07) is 12.6. The number of hydrogen-bond acceptors (Lipinski definition) is 7. The number of halogens is 3. The van der Waals surface area contributed by atoms with E-state index in [1.807, 2.05) is 0 Å². The molecule has 1 amide bonds. The van der Waals surface area contributed by atoms with Crippen LogP contribution >= 0.6 is 0 Å². The molecule has 1 aliphatic rings. The predicted molar refractivity (Wildman–Crippen MR) is 125 cm³/mol. The number of aromatic nitrogens is 3. The van der Waals surface area contributed by atoms with Crippen molar-refractivity contribution in [2.45, 2.75) is 36.7 Å². The van der Waals surface area contributed by atoms with Gasteiger partial charge in [0.2, 0.25) is 11.0 Å². The van der Waals surface area contributed by atoms with Gasteiger partial charge in [0.1, 0.15) is 11.6 Å². The summed E-state index contributed by atoms with van der Waals surface area (Å²) in [5.41, 5.74) is 0.427. The Kier molecular flexibility index (Phi) is 6.42. The maximum absolute atomic E-state index is 13.2. The molecule has 4 aromatic rings. The van der Waals surface area contributed by atoms with Crippen molar-refractivity contribution in [1.82, 2.24) is 24.8 Å². The summed E-state index contributed by atoms with van der Waals surface area (Å²) in [5.74, 6) is -0.487. The van der Waals surface area contributed by atoms with E-state index in [9.17, 15) is 26.4 Å². The SMILES string of the molecule is O=C(NCc1cc(-c2ccc(C(F)(F)F)nn2)ccn1)C1CCCN1S(=O)(=O)c1cc2ccccc2o1. The van der Waals surface area contributed by atoms with Crippen molar-refractivity contribution in [1.29, 1.82) is 0 Å². The van der Waals surface area contributed by atoms with Crippen LogP contribution in [-0.4, -0.2) is 46.4 Å². The fourth-order valence-electron chi connectivity index (χ4n) is 4.16. The van der Waals surface area contributed by atoms with Crippen LogP contribution < -0.4 is 5.32 Å². The van der Waals surface area contributed by atoms with Gasteiger partial charge in [-0.2, -0.15) is 17.5 Å². The minimum Gasteiger partial charge on any atom is -0.443 e. The third-order valence-electron chi connectivity index (χ3n) is 5.98. The summed E-state index contributed by atoms with van der Waals surface area (Å²) < 4.78 is 71.4. The largest absolute Gasteiger partial charge is 0.443 e. The molecule has 0 bridgehead atoms. The van der Waals surface area contributed by atoms with Gasteiger partial charge in [-0.1, -0.05) is 18.2 Å². The van der Waals surface area contributed by atoms with Crippen LogP contribution in [0.3, 0.4) is 0 Å². The Morgan fingerprint density at radius 1 is 1.11 bits per heavy atom. The molecule has 3 aromatic heterocycles. The van der Waals surface area contributed by atoms with Crippen LogP contribution in [0.1, 0.15) is 24.2 Å². The molecule has 1 fully saturated rings. The molecular formula is C24H20F3N5O4S. The topological polar surface area (TPSA) is 118 Å². The van der Waals surface area contributed by atoms with Gasteiger partial charge < -0.3 is 9.73 Å². The van der Waals surface area contributed by atoms with Crippen LogP contribution in [-0.2, 0) is 27.5 Å². The van der Waals surface area contributed by atoms with Crippen molar-refractivity contribution in [2.75, 3.05) is 6.54 Å². The number of rotatable bonds is 6. The van der Waals surface area contributed by atoms with Gasteiger partial charge in [-0.05, 0) is 43.2 Å². The van der Waals surface area contributed by atoms with Crippen molar-refractivity contribution < 1.29 is 30.8 Å². The molecule has 1 saturated heterocycles. The summed E-state index contributed by atoms with van der Waals surface area (Å²) in [5, 5.41) is 9.97. The van der Waals surface area contributed by atoms with E-state index in [-0.39, 0.29) is 23.9 Å². The fraction of sp³-hybridized carbons (Fsp3) is 0.250. The number of sulfonamides is 1. The zero-order valence-electron chi connectivity index (χ0n) is 19.1. The molecular weight excluding hydrogens is 511 g/mol. The Balaban J connectivity index is 1.28. The van der Waals surface area contributed by atoms with E-state index in [1.165, 1.54) is 18.3 Å². The lowest BCUT2D eigenvalue weighted by Crippen LogP contribution is -2.45. The number of nitrogens with one attached hydrogen (secondary N) is 1. The molecule has 1 N–H and O–H groups in total. The number of hydrogen-bond donors (Lipinski definition) is 1. The summed E-state index contributed by atoms with van der Waals surface area (Å²) in [6.45, 7) is 0.160. The molecule has 0 radical (unpaired) electrons. The lowest BCUT2D eigenvalue weighted by atomic mass is 10.1. The molecule has 0 spiro atoms. The molecule has 1 aromatic carbocycles. The maximum Gasteiger partial charge on any atom is 0.435 e. The second-order valence-corrected chi connectivity index (χ2v) is 10.3. The van der Waals surface area contributed by atoms with Crippen LogP contribution in [0, 0.1) is 0 Å². The zero-order chi connectivity index (χ0) is 26.2. The molecule has 1 atom stereocenters. The summed E-state index contributed by atoms with van der Waals surface area (Å²) >= 11 is 0. The van der Waals surface area contributed by atoms with E-state index in [0.717, 1.165) is 10.4 Å². The van der Waals surface area contributed by atoms with Gasteiger partial charge in [-0.3, -0.25) is 9.78 Å². The highest BCUT2D eigenvalue weighted by Crippen LogP contribution is 2.30. The second kappa shape index (κ2) is 9.56. The number of benzene rings is 1. The molecule has 0 saturated carbocycles. The summed E-state index contributed by atoms with van der Waals surface area (Å²) in [4.78, 5) is 17.1. The quantitative estimate of drug-likeness (QED) is 0.402. The van der Waals surface area contributed by atoms with Crippen molar-refractivity contribution >= 4 is 26.9 Å². The average molecular weight is 532 g/mol. The van der Waals surface area contributed by atoms with Gasteiger partial charge in [-0.15, -0.1) is 10.2 Å². The molecule has 1 aliphatic heterocycles. The Hall–Kier alpha value is -3.84. The number of pyridine rings is 1. The number of furan rings is 1.